The van der Waals surface area contributed by atoms with Crippen molar-refractivity contribution >= 4 is 17.2 Å². The quantitative estimate of drug-likeness (QED) is 0.564. The van der Waals surface area contributed by atoms with Crippen molar-refractivity contribution in [1.29, 1.82) is 0 Å². The molecule has 4 aromatic heterocycles. The molecule has 26 heavy (non-hydrogen) atoms. The predicted octanol–water partition coefficient (Wildman–Crippen LogP) is 1.91. The van der Waals surface area contributed by atoms with Gasteiger partial charge in [-0.05, 0) is 42.0 Å². The molecule has 0 saturated heterocycles. The molecular weight excluding hydrogens is 358 g/mol. The van der Waals surface area contributed by atoms with Crippen LogP contribution in [-0.2, 0) is 6.54 Å². The van der Waals surface area contributed by atoms with Gasteiger partial charge in [-0.25, -0.2) is 0 Å². The molecule has 10 nitrogen and oxygen atoms in total. The summed E-state index contributed by atoms with van der Waals surface area (Å²) in [5, 5.41) is 18.4. The highest BCUT2D eigenvalue weighted by Crippen LogP contribution is 2.30. The maximum absolute atomic E-state index is 12.7. The van der Waals surface area contributed by atoms with Crippen molar-refractivity contribution in [3.05, 3.63) is 46.6 Å². The van der Waals surface area contributed by atoms with Crippen molar-refractivity contribution < 1.29 is 13.7 Å². The second kappa shape index (κ2) is 6.52. The topological polar surface area (TPSA) is 125 Å². The Balaban J connectivity index is 1.53. The Hall–Kier alpha value is -3.34. The fourth-order valence-electron chi connectivity index (χ4n) is 2.37. The van der Waals surface area contributed by atoms with Crippen LogP contribution in [0.15, 0.2) is 33.7 Å². The molecule has 0 atom stereocenters. The largest absolute Gasteiger partial charge is 0.461 e. The first kappa shape index (κ1) is 16.1. The third-order valence-electron chi connectivity index (χ3n) is 3.76. The second-order valence-corrected chi connectivity index (χ2v) is 6.59. The van der Waals surface area contributed by atoms with Crippen LogP contribution in [0.5, 0.6) is 0 Å². The Morgan fingerprint density at radius 3 is 3.00 bits per heavy atom. The van der Waals surface area contributed by atoms with Crippen LogP contribution in [0.25, 0.3) is 16.6 Å². The molecule has 0 bridgehead atoms. The number of nitrogens with zero attached hydrogens (tertiary/aromatic N) is 6. The van der Waals surface area contributed by atoms with Crippen molar-refractivity contribution in [3.8, 4) is 16.6 Å². The minimum absolute atomic E-state index is 0.0932. The van der Waals surface area contributed by atoms with E-state index in [4.69, 9.17) is 8.94 Å². The van der Waals surface area contributed by atoms with Crippen LogP contribution in [-0.4, -0.2) is 36.3 Å². The Morgan fingerprint density at radius 1 is 1.38 bits per heavy atom. The summed E-state index contributed by atoms with van der Waals surface area (Å²) in [7, 11) is 0. The second-order valence-electron chi connectivity index (χ2n) is 5.39. The van der Waals surface area contributed by atoms with E-state index in [2.05, 4.69) is 31.0 Å². The van der Waals surface area contributed by atoms with Crippen LogP contribution < -0.4 is 5.32 Å². The van der Waals surface area contributed by atoms with Crippen LogP contribution in [0.2, 0.25) is 0 Å². The highest BCUT2D eigenvalue weighted by Gasteiger charge is 2.22. The van der Waals surface area contributed by atoms with Crippen LogP contribution in [0, 0.1) is 13.8 Å². The van der Waals surface area contributed by atoms with Gasteiger partial charge in [-0.1, -0.05) is 5.16 Å². The van der Waals surface area contributed by atoms with E-state index in [1.807, 2.05) is 13.8 Å². The highest BCUT2D eigenvalue weighted by atomic mass is 32.1. The van der Waals surface area contributed by atoms with Gasteiger partial charge < -0.3 is 14.3 Å². The average Bonchev–Trinajstić information content (AvgIpc) is 3.41. The lowest BCUT2D eigenvalue weighted by Crippen LogP contribution is -2.24. The molecule has 0 radical (unpaired) electrons. The van der Waals surface area contributed by atoms with E-state index in [1.54, 1.807) is 12.1 Å². The molecule has 4 aromatic rings. The van der Waals surface area contributed by atoms with E-state index in [-0.39, 0.29) is 18.3 Å². The lowest BCUT2D eigenvalue weighted by atomic mass is 10.1. The first-order valence-corrected chi connectivity index (χ1v) is 8.43. The normalized spacial score (nSPS) is 11.0. The first-order valence-electron chi connectivity index (χ1n) is 7.61. The van der Waals surface area contributed by atoms with Crippen molar-refractivity contribution in [2.45, 2.75) is 20.4 Å². The van der Waals surface area contributed by atoms with Crippen LogP contribution in [0.1, 0.15) is 26.7 Å². The lowest BCUT2D eigenvalue weighted by molar-refractivity contribution is 0.0946. The average molecular weight is 371 g/mol. The van der Waals surface area contributed by atoms with Crippen LogP contribution in [0.4, 0.5) is 0 Å². The number of nitrogens with one attached hydrogen (secondary N) is 1. The number of carbonyl (C=O) groups is 1. The molecule has 0 aliphatic carbocycles. The number of thiophene rings is 1. The molecule has 0 aliphatic heterocycles. The molecule has 1 N–H and O–H groups in total. The molecular formula is C15H13N7O3S. The minimum atomic E-state index is -0.268. The summed E-state index contributed by atoms with van der Waals surface area (Å²) in [6.07, 6.45) is 2.98. The number of amides is 1. The van der Waals surface area contributed by atoms with Gasteiger partial charge >= 0.3 is 0 Å². The van der Waals surface area contributed by atoms with E-state index in [0.717, 1.165) is 10.4 Å². The third-order valence-corrected chi connectivity index (χ3v) is 4.96. The van der Waals surface area contributed by atoms with Crippen LogP contribution in [0.3, 0.4) is 0 Å². The molecule has 0 unspecified atom stereocenters. The van der Waals surface area contributed by atoms with Gasteiger partial charge in [0.05, 0.1) is 18.4 Å². The third kappa shape index (κ3) is 2.88. The predicted molar refractivity (Wildman–Crippen MR) is 89.7 cm³/mol. The summed E-state index contributed by atoms with van der Waals surface area (Å²) >= 11 is 1.45. The number of furan rings is 1. The van der Waals surface area contributed by atoms with E-state index >= 15 is 0 Å². The van der Waals surface area contributed by atoms with Gasteiger partial charge in [0, 0.05) is 4.88 Å². The summed E-state index contributed by atoms with van der Waals surface area (Å²) in [5.74, 6) is 0.834. The standard InChI is InChI=1S/C15H13N7O3S/c1-8-9(2)26-15(22-7-17-20-21-22)12(8)14(23)16-6-11-18-13(19-25-11)10-4-3-5-24-10/h3-5,7H,6H2,1-2H3,(H,16,23). The Morgan fingerprint density at radius 2 is 2.27 bits per heavy atom. The summed E-state index contributed by atoms with van der Waals surface area (Å²) in [5.41, 5.74) is 1.39. The summed E-state index contributed by atoms with van der Waals surface area (Å²) in [6, 6.07) is 3.46. The van der Waals surface area contributed by atoms with Crippen molar-refractivity contribution in [3.63, 3.8) is 0 Å². The summed E-state index contributed by atoms with van der Waals surface area (Å²) in [4.78, 5) is 17.9. The zero-order valence-electron chi connectivity index (χ0n) is 13.8. The summed E-state index contributed by atoms with van der Waals surface area (Å²) in [6.45, 7) is 3.92. The van der Waals surface area contributed by atoms with E-state index < -0.39 is 0 Å². The Kier molecular flexibility index (Phi) is 4.05. The molecule has 1 amide bonds. The maximum atomic E-state index is 12.7. The molecule has 11 heteroatoms. The van der Waals surface area contributed by atoms with Gasteiger partial charge in [0.25, 0.3) is 5.91 Å². The number of hydrogen-bond donors (Lipinski definition) is 1. The Labute approximate surface area is 150 Å². The van der Waals surface area contributed by atoms with Crippen LogP contribution >= 0.6 is 11.3 Å². The highest BCUT2D eigenvalue weighted by molar-refractivity contribution is 7.15. The minimum Gasteiger partial charge on any atom is -0.461 e. The fraction of sp³-hybridized carbons (Fsp3) is 0.200. The van der Waals surface area contributed by atoms with E-state index in [1.165, 1.54) is 28.6 Å². The van der Waals surface area contributed by atoms with E-state index in [9.17, 15) is 4.79 Å². The maximum Gasteiger partial charge on any atom is 0.255 e. The van der Waals surface area contributed by atoms with E-state index in [0.29, 0.717) is 22.1 Å². The zero-order valence-corrected chi connectivity index (χ0v) is 14.6. The first-order chi connectivity index (χ1) is 12.6. The molecule has 4 rings (SSSR count). The fourth-order valence-corrected chi connectivity index (χ4v) is 3.44. The summed E-state index contributed by atoms with van der Waals surface area (Å²) < 4.78 is 11.8. The smallest absolute Gasteiger partial charge is 0.255 e. The van der Waals surface area contributed by atoms with Gasteiger partial charge in [0.1, 0.15) is 11.3 Å². The van der Waals surface area contributed by atoms with Gasteiger partial charge in [0.2, 0.25) is 11.7 Å². The van der Waals surface area contributed by atoms with Crippen molar-refractivity contribution in [1.82, 2.24) is 35.7 Å². The van der Waals surface area contributed by atoms with Crippen molar-refractivity contribution in [2.24, 2.45) is 0 Å². The zero-order chi connectivity index (χ0) is 18.1. The van der Waals surface area contributed by atoms with Gasteiger partial charge in [-0.3, -0.25) is 4.79 Å². The molecule has 0 fully saturated rings. The molecule has 0 spiro atoms. The number of tetrazole rings is 1. The molecule has 0 saturated carbocycles. The molecule has 0 aromatic carbocycles. The lowest BCUT2D eigenvalue weighted by Gasteiger charge is -2.05. The number of hydrogen-bond acceptors (Lipinski definition) is 9. The SMILES string of the molecule is Cc1sc(-n2cnnn2)c(C(=O)NCc2nc(-c3ccco3)no2)c1C. The van der Waals surface area contributed by atoms with Gasteiger partial charge in [-0.2, -0.15) is 9.67 Å². The van der Waals surface area contributed by atoms with Gasteiger partial charge in [0.15, 0.2) is 5.76 Å². The number of aryl methyl sites for hydroxylation is 1. The molecule has 0 aliphatic rings. The monoisotopic (exact) mass is 371 g/mol. The number of rotatable bonds is 5. The van der Waals surface area contributed by atoms with Gasteiger partial charge in [-0.15, -0.1) is 16.4 Å². The van der Waals surface area contributed by atoms with Crippen molar-refractivity contribution in [2.75, 3.05) is 0 Å². The number of carbonyl (C=O) groups excluding carboxylic acids is 1. The molecule has 132 valence electrons. The number of aromatic nitrogens is 6. The Bertz CT molecular complexity index is 1030. The molecule has 4 heterocycles.